The highest BCUT2D eigenvalue weighted by atomic mass is 16.1. The van der Waals surface area contributed by atoms with Gasteiger partial charge in [-0.05, 0) is 19.4 Å². The Bertz CT molecular complexity index is 581. The number of hydrogen-bond donors (Lipinski definition) is 1. The van der Waals surface area contributed by atoms with Crippen LogP contribution >= 0.6 is 0 Å². The molecule has 2 aromatic rings. The van der Waals surface area contributed by atoms with E-state index >= 15 is 0 Å². The van der Waals surface area contributed by atoms with Crippen LogP contribution in [0.25, 0.3) is 10.9 Å². The summed E-state index contributed by atoms with van der Waals surface area (Å²) in [7, 11) is 1.96. The molecule has 1 N–H and O–H groups in total. The fourth-order valence-corrected chi connectivity index (χ4v) is 2.05. The van der Waals surface area contributed by atoms with E-state index in [1.807, 2.05) is 61.2 Å². The maximum Gasteiger partial charge on any atom is 0.253 e. The van der Waals surface area contributed by atoms with Crippen molar-refractivity contribution in [2.75, 3.05) is 6.54 Å². The van der Waals surface area contributed by atoms with Gasteiger partial charge in [0.1, 0.15) is 0 Å². The smallest absolute Gasteiger partial charge is 0.253 e. The van der Waals surface area contributed by atoms with Crippen LogP contribution in [0.1, 0.15) is 23.7 Å². The summed E-state index contributed by atoms with van der Waals surface area (Å²) >= 11 is 0. The second kappa shape index (κ2) is 5.54. The number of carbonyl (C=O) groups is 1. The number of carbonyl (C=O) groups excluding carboxylic acids is 1. The van der Waals surface area contributed by atoms with Crippen LogP contribution in [0.4, 0.5) is 0 Å². The number of benzene rings is 1. The van der Waals surface area contributed by atoms with E-state index in [0.29, 0.717) is 6.54 Å². The molecule has 18 heavy (non-hydrogen) atoms. The number of nitrogens with zero attached hydrogens (tertiary/aromatic N) is 1. The first kappa shape index (κ1) is 12.4. The summed E-state index contributed by atoms with van der Waals surface area (Å²) < 4.78 is 1.98. The Balaban J connectivity index is 2.18. The van der Waals surface area contributed by atoms with Crippen LogP contribution in [-0.2, 0) is 7.05 Å². The fraction of sp³-hybridized carbons (Fsp3) is 0.267. The molecule has 3 heteroatoms. The molecule has 0 saturated heterocycles. The first-order valence-electron chi connectivity index (χ1n) is 6.17. The summed E-state index contributed by atoms with van der Waals surface area (Å²) in [5.41, 5.74) is 1.82. The predicted octanol–water partition coefficient (Wildman–Crippen LogP) is 2.87. The Morgan fingerprint density at radius 1 is 1.39 bits per heavy atom. The van der Waals surface area contributed by atoms with Gasteiger partial charge in [0, 0.05) is 30.7 Å². The molecule has 0 aliphatic rings. The number of aromatic nitrogens is 1. The van der Waals surface area contributed by atoms with Crippen molar-refractivity contribution in [3.05, 3.63) is 48.2 Å². The van der Waals surface area contributed by atoms with Gasteiger partial charge in [-0.1, -0.05) is 30.4 Å². The van der Waals surface area contributed by atoms with Gasteiger partial charge in [0.05, 0.1) is 5.56 Å². The molecule has 0 spiro atoms. The molecule has 0 aliphatic carbocycles. The second-order valence-corrected chi connectivity index (χ2v) is 4.28. The summed E-state index contributed by atoms with van der Waals surface area (Å²) in [5.74, 6) is -0.00342. The first-order valence-corrected chi connectivity index (χ1v) is 6.17. The minimum atomic E-state index is -0.00342. The van der Waals surface area contributed by atoms with E-state index < -0.39 is 0 Å². The van der Waals surface area contributed by atoms with Gasteiger partial charge in [-0.15, -0.1) is 0 Å². The molecule has 1 aromatic carbocycles. The van der Waals surface area contributed by atoms with Gasteiger partial charge in [0.25, 0.3) is 5.91 Å². The third-order valence-corrected chi connectivity index (χ3v) is 2.97. The molecule has 3 nitrogen and oxygen atoms in total. The summed E-state index contributed by atoms with van der Waals surface area (Å²) in [6.45, 7) is 2.65. The summed E-state index contributed by atoms with van der Waals surface area (Å²) in [5, 5.41) is 3.94. The number of hydrogen-bond acceptors (Lipinski definition) is 1. The predicted molar refractivity (Wildman–Crippen MR) is 74.7 cm³/mol. The van der Waals surface area contributed by atoms with E-state index in [1.54, 1.807) is 0 Å². The maximum absolute atomic E-state index is 12.1. The van der Waals surface area contributed by atoms with Gasteiger partial charge < -0.3 is 9.88 Å². The van der Waals surface area contributed by atoms with E-state index in [9.17, 15) is 4.79 Å². The van der Waals surface area contributed by atoms with Crippen molar-refractivity contribution < 1.29 is 4.79 Å². The lowest BCUT2D eigenvalue weighted by molar-refractivity contribution is 0.0956. The lowest BCUT2D eigenvalue weighted by Gasteiger charge is -2.01. The van der Waals surface area contributed by atoms with Gasteiger partial charge >= 0.3 is 0 Å². The van der Waals surface area contributed by atoms with Crippen molar-refractivity contribution in [2.45, 2.75) is 13.3 Å². The van der Waals surface area contributed by atoms with E-state index in [2.05, 4.69) is 5.32 Å². The van der Waals surface area contributed by atoms with Gasteiger partial charge in [0.15, 0.2) is 0 Å². The van der Waals surface area contributed by atoms with Crippen molar-refractivity contribution in [1.82, 2.24) is 9.88 Å². The SMILES string of the molecule is C/C=C/CCNC(=O)c1cn(C)c2ccccc12. The maximum atomic E-state index is 12.1. The van der Waals surface area contributed by atoms with Crippen molar-refractivity contribution in [1.29, 1.82) is 0 Å². The molecule has 0 atom stereocenters. The minimum absolute atomic E-state index is 0.00342. The average Bonchev–Trinajstić information content (AvgIpc) is 2.73. The number of aryl methyl sites for hydroxylation is 1. The molecule has 1 aromatic heterocycles. The number of allylic oxidation sites excluding steroid dienone is 1. The largest absolute Gasteiger partial charge is 0.352 e. The standard InChI is InChI=1S/C15H18N2O/c1-3-4-7-10-16-15(18)13-11-17(2)14-9-6-5-8-12(13)14/h3-6,8-9,11H,7,10H2,1-2H3,(H,16,18)/b4-3+. The highest BCUT2D eigenvalue weighted by Gasteiger charge is 2.12. The van der Waals surface area contributed by atoms with Crippen molar-refractivity contribution in [3.8, 4) is 0 Å². The van der Waals surface area contributed by atoms with Crippen LogP contribution in [0, 0.1) is 0 Å². The van der Waals surface area contributed by atoms with E-state index in [4.69, 9.17) is 0 Å². The molecule has 0 radical (unpaired) electrons. The zero-order valence-corrected chi connectivity index (χ0v) is 10.8. The lowest BCUT2D eigenvalue weighted by Crippen LogP contribution is -2.23. The highest BCUT2D eigenvalue weighted by Crippen LogP contribution is 2.19. The molecule has 0 fully saturated rings. The third-order valence-electron chi connectivity index (χ3n) is 2.97. The molecule has 0 bridgehead atoms. The highest BCUT2D eigenvalue weighted by molar-refractivity contribution is 6.06. The first-order chi connectivity index (χ1) is 8.74. The second-order valence-electron chi connectivity index (χ2n) is 4.28. The Morgan fingerprint density at radius 2 is 2.17 bits per heavy atom. The summed E-state index contributed by atoms with van der Waals surface area (Å²) in [6, 6.07) is 7.94. The number of amides is 1. The molecule has 0 aliphatic heterocycles. The van der Waals surface area contributed by atoms with Crippen LogP contribution in [0.5, 0.6) is 0 Å². The van der Waals surface area contributed by atoms with E-state index in [1.165, 1.54) is 0 Å². The Kier molecular flexibility index (Phi) is 3.82. The van der Waals surface area contributed by atoms with Crippen LogP contribution in [0.15, 0.2) is 42.6 Å². The molecule has 0 saturated carbocycles. The summed E-state index contributed by atoms with van der Waals surface area (Å²) in [4.78, 5) is 12.1. The quantitative estimate of drug-likeness (QED) is 0.649. The Labute approximate surface area is 107 Å². The van der Waals surface area contributed by atoms with Gasteiger partial charge in [-0.2, -0.15) is 0 Å². The van der Waals surface area contributed by atoms with Crippen LogP contribution < -0.4 is 5.32 Å². The van der Waals surface area contributed by atoms with Gasteiger partial charge in [-0.25, -0.2) is 0 Å². The topological polar surface area (TPSA) is 34.0 Å². The lowest BCUT2D eigenvalue weighted by atomic mass is 10.1. The van der Waals surface area contributed by atoms with Gasteiger partial charge in [0.2, 0.25) is 0 Å². The zero-order chi connectivity index (χ0) is 13.0. The van der Waals surface area contributed by atoms with Crippen molar-refractivity contribution >= 4 is 16.8 Å². The molecule has 1 amide bonds. The molecule has 1 heterocycles. The monoisotopic (exact) mass is 242 g/mol. The Morgan fingerprint density at radius 3 is 2.94 bits per heavy atom. The minimum Gasteiger partial charge on any atom is -0.352 e. The number of para-hydroxylation sites is 1. The van der Waals surface area contributed by atoms with E-state index in [0.717, 1.165) is 22.9 Å². The molecule has 0 unspecified atom stereocenters. The molecular formula is C15H18N2O. The average molecular weight is 242 g/mol. The van der Waals surface area contributed by atoms with Gasteiger partial charge in [-0.3, -0.25) is 4.79 Å². The zero-order valence-electron chi connectivity index (χ0n) is 10.8. The Hall–Kier alpha value is -2.03. The normalized spacial score (nSPS) is 11.2. The number of nitrogens with one attached hydrogen (secondary N) is 1. The number of rotatable bonds is 4. The summed E-state index contributed by atoms with van der Waals surface area (Å²) in [6.07, 6.45) is 6.79. The third kappa shape index (κ3) is 2.45. The van der Waals surface area contributed by atoms with E-state index in [-0.39, 0.29) is 5.91 Å². The van der Waals surface area contributed by atoms with Crippen molar-refractivity contribution in [3.63, 3.8) is 0 Å². The molecule has 2 rings (SSSR count). The fourth-order valence-electron chi connectivity index (χ4n) is 2.05. The van der Waals surface area contributed by atoms with Crippen LogP contribution in [0.3, 0.4) is 0 Å². The van der Waals surface area contributed by atoms with Crippen LogP contribution in [-0.4, -0.2) is 17.0 Å². The molecule has 94 valence electrons. The molecular weight excluding hydrogens is 224 g/mol. The van der Waals surface area contributed by atoms with Crippen molar-refractivity contribution in [2.24, 2.45) is 7.05 Å². The number of fused-ring (bicyclic) bond motifs is 1. The van der Waals surface area contributed by atoms with Crippen LogP contribution in [0.2, 0.25) is 0 Å².